The molecule has 148 valence electrons. The number of nitrogens with zero attached hydrogens (tertiary/aromatic N) is 3. The number of hydrogen-bond donors (Lipinski definition) is 2. The summed E-state index contributed by atoms with van der Waals surface area (Å²) in [5, 5.41) is 17.5. The van der Waals surface area contributed by atoms with Gasteiger partial charge in [-0.15, -0.1) is 0 Å². The molecule has 0 spiro atoms. The Labute approximate surface area is 169 Å². The fourth-order valence-corrected chi connectivity index (χ4v) is 5.23. The first-order chi connectivity index (χ1) is 14.2. The third-order valence-electron chi connectivity index (χ3n) is 6.54. The zero-order valence-corrected chi connectivity index (χ0v) is 16.2. The number of aliphatic hydroxyl groups excluding tert-OH is 1. The normalized spacial score (nSPS) is 25.5. The van der Waals surface area contributed by atoms with E-state index in [-0.39, 0.29) is 30.0 Å². The number of H-pyrrole nitrogens is 1. The number of amides is 1. The first-order valence-corrected chi connectivity index (χ1v) is 10.1. The van der Waals surface area contributed by atoms with Gasteiger partial charge in [0, 0.05) is 23.7 Å². The van der Waals surface area contributed by atoms with Crippen LogP contribution in [0.4, 0.5) is 0 Å². The second-order valence-electron chi connectivity index (χ2n) is 8.23. The second-order valence-corrected chi connectivity index (χ2v) is 8.23. The van der Waals surface area contributed by atoms with E-state index in [0.29, 0.717) is 11.4 Å². The minimum atomic E-state index is -0.274. The number of hydrogen-bond acceptors (Lipinski definition) is 4. The molecule has 5 rings (SSSR count). The lowest BCUT2D eigenvalue weighted by Gasteiger charge is -2.36. The molecule has 1 amide bonds. The van der Waals surface area contributed by atoms with Crippen LogP contribution in [0.1, 0.15) is 35.3 Å². The van der Waals surface area contributed by atoms with E-state index in [4.69, 9.17) is 0 Å². The minimum Gasteiger partial charge on any atom is -0.396 e. The topological polar surface area (TPSA) is 82.1 Å². The van der Waals surface area contributed by atoms with Crippen molar-refractivity contribution >= 4 is 5.91 Å². The predicted molar refractivity (Wildman–Crippen MR) is 109 cm³/mol. The smallest absolute Gasteiger partial charge is 0.272 e. The van der Waals surface area contributed by atoms with Crippen LogP contribution in [0.25, 0.3) is 11.4 Å². The fourth-order valence-electron chi connectivity index (χ4n) is 5.23. The van der Waals surface area contributed by atoms with E-state index in [1.54, 1.807) is 12.3 Å². The molecule has 1 aromatic carbocycles. The van der Waals surface area contributed by atoms with Crippen LogP contribution in [0, 0.1) is 5.41 Å². The van der Waals surface area contributed by atoms with Gasteiger partial charge in [0.15, 0.2) is 0 Å². The molecule has 3 aromatic rings. The van der Waals surface area contributed by atoms with Gasteiger partial charge >= 0.3 is 0 Å². The Morgan fingerprint density at radius 2 is 1.97 bits per heavy atom. The van der Waals surface area contributed by atoms with Crippen molar-refractivity contribution in [1.29, 1.82) is 0 Å². The maximum atomic E-state index is 13.4. The Hall–Kier alpha value is -2.99. The number of aliphatic hydroxyl groups is 1. The zero-order valence-electron chi connectivity index (χ0n) is 16.2. The van der Waals surface area contributed by atoms with Gasteiger partial charge in [0.05, 0.1) is 12.3 Å². The van der Waals surface area contributed by atoms with Crippen LogP contribution in [-0.2, 0) is 6.42 Å². The molecule has 29 heavy (non-hydrogen) atoms. The number of carbonyl (C=O) groups excluding carboxylic acids is 1. The summed E-state index contributed by atoms with van der Waals surface area (Å²) in [6.07, 6.45) is 5.28. The summed E-state index contributed by atoms with van der Waals surface area (Å²) in [6.45, 7) is 0.0923. The molecule has 6 heteroatoms. The predicted octanol–water partition coefficient (Wildman–Crippen LogP) is 3.07. The summed E-state index contributed by atoms with van der Waals surface area (Å²) >= 11 is 0. The highest BCUT2D eigenvalue weighted by Gasteiger charge is 2.57. The molecule has 2 bridgehead atoms. The van der Waals surface area contributed by atoms with Gasteiger partial charge in [0.25, 0.3) is 5.91 Å². The molecule has 4 heterocycles. The number of fused-ring (bicyclic) bond motifs is 2. The first-order valence-electron chi connectivity index (χ1n) is 10.1. The van der Waals surface area contributed by atoms with Crippen LogP contribution in [0.5, 0.6) is 0 Å². The largest absolute Gasteiger partial charge is 0.396 e. The molecule has 2 aromatic heterocycles. The standard InChI is InChI=1S/C23H24N4O2/c28-15-23(13-16-6-2-1-3-7-16)14-17-9-10-21(23)27(17)22(29)20-12-19(25-26-20)18-8-4-5-11-24-18/h1-8,11-12,17,21,28H,9-10,13-15H2,(H,25,26)/t17-,21+,23-/m1/s1. The summed E-state index contributed by atoms with van der Waals surface area (Å²) in [6, 6.07) is 17.9. The van der Waals surface area contributed by atoms with Crippen molar-refractivity contribution in [2.75, 3.05) is 6.61 Å². The lowest BCUT2D eigenvalue weighted by atomic mass is 9.70. The van der Waals surface area contributed by atoms with Crippen LogP contribution < -0.4 is 0 Å². The summed E-state index contributed by atoms with van der Waals surface area (Å²) < 4.78 is 0. The number of benzene rings is 1. The average molecular weight is 388 g/mol. The molecule has 2 aliphatic heterocycles. The number of nitrogens with one attached hydrogen (secondary N) is 1. The molecule has 2 fully saturated rings. The molecular weight excluding hydrogens is 364 g/mol. The lowest BCUT2D eigenvalue weighted by Crippen LogP contribution is -2.44. The molecule has 0 saturated carbocycles. The molecule has 0 radical (unpaired) electrons. The number of pyridine rings is 1. The monoisotopic (exact) mass is 388 g/mol. The van der Waals surface area contributed by atoms with Crippen LogP contribution >= 0.6 is 0 Å². The van der Waals surface area contributed by atoms with Crippen LogP contribution in [0.3, 0.4) is 0 Å². The van der Waals surface area contributed by atoms with Crippen molar-refractivity contribution in [2.24, 2.45) is 5.41 Å². The van der Waals surface area contributed by atoms with Crippen molar-refractivity contribution in [3.05, 3.63) is 72.1 Å². The average Bonchev–Trinajstić information content (AvgIpc) is 3.49. The van der Waals surface area contributed by atoms with E-state index >= 15 is 0 Å². The molecular formula is C23H24N4O2. The third kappa shape index (κ3) is 3.04. The first kappa shape index (κ1) is 18.1. The number of carbonyl (C=O) groups is 1. The Bertz CT molecular complexity index is 1000. The maximum absolute atomic E-state index is 13.4. The molecule has 0 unspecified atom stereocenters. The zero-order chi connectivity index (χ0) is 19.8. The Balaban J connectivity index is 1.40. The Kier molecular flexibility index (Phi) is 4.43. The summed E-state index contributed by atoms with van der Waals surface area (Å²) in [5.41, 5.74) is 2.82. The van der Waals surface area contributed by atoms with Crippen LogP contribution in [0.2, 0.25) is 0 Å². The minimum absolute atomic E-state index is 0.0319. The molecule has 2 saturated heterocycles. The van der Waals surface area contributed by atoms with Gasteiger partial charge in [-0.1, -0.05) is 36.4 Å². The van der Waals surface area contributed by atoms with Gasteiger partial charge in [-0.3, -0.25) is 14.9 Å². The SMILES string of the molecule is O=C(c1cc(-c2ccccn2)n[nH]1)N1[C@@H]2CC[C@H]1[C@](CO)(Cc1ccccc1)C2. The maximum Gasteiger partial charge on any atom is 0.272 e. The summed E-state index contributed by atoms with van der Waals surface area (Å²) in [4.78, 5) is 19.7. The van der Waals surface area contributed by atoms with E-state index in [0.717, 1.165) is 31.4 Å². The molecule has 0 aliphatic carbocycles. The van der Waals surface area contributed by atoms with Gasteiger partial charge < -0.3 is 10.0 Å². The highest BCUT2D eigenvalue weighted by atomic mass is 16.3. The highest BCUT2D eigenvalue weighted by Crippen LogP contribution is 2.51. The van der Waals surface area contributed by atoms with Gasteiger partial charge in [-0.05, 0) is 49.4 Å². The van der Waals surface area contributed by atoms with E-state index in [2.05, 4.69) is 27.3 Å². The second kappa shape index (κ2) is 7.12. The third-order valence-corrected chi connectivity index (χ3v) is 6.54. The summed E-state index contributed by atoms with van der Waals surface area (Å²) in [5.74, 6) is -0.0319. The van der Waals surface area contributed by atoms with Crippen LogP contribution in [-0.4, -0.2) is 49.8 Å². The number of aromatic nitrogens is 3. The van der Waals surface area contributed by atoms with Gasteiger partial charge in [0.1, 0.15) is 11.4 Å². The van der Waals surface area contributed by atoms with Crippen molar-refractivity contribution in [3.63, 3.8) is 0 Å². The molecule has 2 aliphatic rings. The lowest BCUT2D eigenvalue weighted by molar-refractivity contribution is 0.0566. The Morgan fingerprint density at radius 1 is 1.14 bits per heavy atom. The Morgan fingerprint density at radius 3 is 2.72 bits per heavy atom. The molecule has 3 atom stereocenters. The van der Waals surface area contributed by atoms with E-state index in [1.807, 2.05) is 41.3 Å². The van der Waals surface area contributed by atoms with Crippen molar-refractivity contribution in [2.45, 2.75) is 37.8 Å². The quantitative estimate of drug-likeness (QED) is 0.704. The molecule has 6 nitrogen and oxygen atoms in total. The highest BCUT2D eigenvalue weighted by molar-refractivity contribution is 5.94. The van der Waals surface area contributed by atoms with Crippen molar-refractivity contribution in [1.82, 2.24) is 20.1 Å². The van der Waals surface area contributed by atoms with E-state index in [1.165, 1.54) is 5.56 Å². The van der Waals surface area contributed by atoms with Gasteiger partial charge in [0.2, 0.25) is 0 Å². The fraction of sp³-hybridized carbons (Fsp3) is 0.348. The summed E-state index contributed by atoms with van der Waals surface area (Å²) in [7, 11) is 0. The molecule has 2 N–H and O–H groups in total. The van der Waals surface area contributed by atoms with Crippen molar-refractivity contribution in [3.8, 4) is 11.4 Å². The number of aromatic amines is 1. The van der Waals surface area contributed by atoms with Gasteiger partial charge in [-0.2, -0.15) is 5.10 Å². The van der Waals surface area contributed by atoms with E-state index < -0.39 is 0 Å². The van der Waals surface area contributed by atoms with Gasteiger partial charge in [-0.25, -0.2) is 0 Å². The van der Waals surface area contributed by atoms with E-state index in [9.17, 15) is 9.90 Å². The van der Waals surface area contributed by atoms with Crippen LogP contribution in [0.15, 0.2) is 60.8 Å². The number of rotatable bonds is 5. The van der Waals surface area contributed by atoms with Crippen molar-refractivity contribution < 1.29 is 9.90 Å².